The number of hydrogen-bond acceptors (Lipinski definition) is 1. The monoisotopic (exact) mass is 285 g/mol. The van der Waals surface area contributed by atoms with Crippen LogP contribution in [-0.2, 0) is 0 Å². The van der Waals surface area contributed by atoms with Crippen molar-refractivity contribution in [3.63, 3.8) is 0 Å². The van der Waals surface area contributed by atoms with Crippen molar-refractivity contribution in [2.75, 3.05) is 0 Å². The van der Waals surface area contributed by atoms with Crippen LogP contribution >= 0.6 is 0 Å². The van der Waals surface area contributed by atoms with Crippen molar-refractivity contribution in [2.24, 2.45) is 5.92 Å². The molecule has 0 bridgehead atoms. The molecule has 0 spiro atoms. The molecule has 21 heavy (non-hydrogen) atoms. The highest BCUT2D eigenvalue weighted by molar-refractivity contribution is 5.50. The average Bonchev–Trinajstić information content (AvgIpc) is 3.00. The van der Waals surface area contributed by atoms with E-state index in [0.29, 0.717) is 6.04 Å². The highest BCUT2D eigenvalue weighted by Gasteiger charge is 2.25. The third-order valence-electron chi connectivity index (χ3n) is 5.23. The van der Waals surface area contributed by atoms with E-state index < -0.39 is 0 Å². The minimum Gasteiger partial charge on any atom is -0.382 e. The zero-order valence-corrected chi connectivity index (χ0v) is 13.6. The van der Waals surface area contributed by atoms with E-state index in [4.69, 9.17) is 0 Å². The quantitative estimate of drug-likeness (QED) is 0.654. The minimum atomic E-state index is 0.567. The fourth-order valence-electron chi connectivity index (χ4n) is 3.70. The van der Waals surface area contributed by atoms with Gasteiger partial charge in [-0.3, -0.25) is 0 Å². The molecule has 1 heterocycles. The molecule has 1 heteroatoms. The topological polar surface area (TPSA) is 12.0 Å². The van der Waals surface area contributed by atoms with Crippen molar-refractivity contribution in [3.05, 3.63) is 48.7 Å². The fourth-order valence-corrected chi connectivity index (χ4v) is 3.70. The van der Waals surface area contributed by atoms with Gasteiger partial charge in [0.2, 0.25) is 0 Å². The van der Waals surface area contributed by atoms with Gasteiger partial charge in [-0.25, -0.2) is 0 Å². The molecule has 0 aromatic rings. The van der Waals surface area contributed by atoms with E-state index in [9.17, 15) is 0 Å². The maximum absolute atomic E-state index is 4.22. The van der Waals surface area contributed by atoms with Gasteiger partial charge < -0.3 is 5.32 Å². The fraction of sp³-hybridized carbons (Fsp3) is 0.600. The summed E-state index contributed by atoms with van der Waals surface area (Å²) in [6, 6.07) is 0.567. The summed E-state index contributed by atoms with van der Waals surface area (Å²) in [7, 11) is 0. The summed E-state index contributed by atoms with van der Waals surface area (Å²) in [4.78, 5) is 0. The van der Waals surface area contributed by atoms with Gasteiger partial charge in [0, 0.05) is 11.7 Å². The number of allylic oxidation sites excluding steroid dienone is 2. The van der Waals surface area contributed by atoms with Crippen LogP contribution in [0.15, 0.2) is 48.7 Å². The number of rotatable bonds is 1. The molecule has 0 aromatic carbocycles. The SMILES string of the molecule is C=C1CCCCCCC(C2CCCC2)NC(=C)C(=C)C1=C. The van der Waals surface area contributed by atoms with Crippen molar-refractivity contribution in [3.8, 4) is 0 Å². The molecule has 116 valence electrons. The largest absolute Gasteiger partial charge is 0.382 e. The van der Waals surface area contributed by atoms with E-state index in [-0.39, 0.29) is 0 Å². The summed E-state index contributed by atoms with van der Waals surface area (Å²) < 4.78 is 0. The Labute approximate surface area is 130 Å². The Morgan fingerprint density at radius 2 is 1.33 bits per heavy atom. The summed E-state index contributed by atoms with van der Waals surface area (Å²) in [5.74, 6) is 0.814. The first-order chi connectivity index (χ1) is 10.1. The maximum Gasteiger partial charge on any atom is 0.0342 e. The molecule has 1 nitrogen and oxygen atoms in total. The molecule has 2 rings (SSSR count). The van der Waals surface area contributed by atoms with Gasteiger partial charge in [-0.1, -0.05) is 58.4 Å². The Kier molecular flexibility index (Phi) is 5.90. The number of hydrogen-bond donors (Lipinski definition) is 1. The van der Waals surface area contributed by atoms with Crippen LogP contribution in [0.4, 0.5) is 0 Å². The molecule has 0 aromatic heterocycles. The third kappa shape index (κ3) is 4.36. The van der Waals surface area contributed by atoms with E-state index in [0.717, 1.165) is 34.8 Å². The summed E-state index contributed by atoms with van der Waals surface area (Å²) in [6.45, 7) is 16.8. The first kappa shape index (κ1) is 16.1. The second-order valence-electron chi connectivity index (χ2n) is 6.79. The van der Waals surface area contributed by atoms with Gasteiger partial charge in [-0.15, -0.1) is 0 Å². The van der Waals surface area contributed by atoms with Gasteiger partial charge in [0.1, 0.15) is 0 Å². The van der Waals surface area contributed by atoms with Gasteiger partial charge in [-0.05, 0) is 54.7 Å². The lowest BCUT2D eigenvalue weighted by atomic mass is 9.89. The molecule has 0 amide bonds. The average molecular weight is 285 g/mol. The van der Waals surface area contributed by atoms with Crippen LogP contribution in [0.5, 0.6) is 0 Å². The molecule has 2 fully saturated rings. The van der Waals surface area contributed by atoms with Gasteiger partial charge in [0.05, 0.1) is 0 Å². The van der Waals surface area contributed by atoms with Gasteiger partial charge in [0.15, 0.2) is 0 Å². The molecule has 1 aliphatic heterocycles. The molecule has 1 aliphatic carbocycles. The lowest BCUT2D eigenvalue weighted by Crippen LogP contribution is -2.35. The van der Waals surface area contributed by atoms with Crippen LogP contribution in [0, 0.1) is 5.92 Å². The van der Waals surface area contributed by atoms with Crippen LogP contribution < -0.4 is 5.32 Å². The Hall–Kier alpha value is -1.24. The van der Waals surface area contributed by atoms with Crippen LogP contribution in [0.3, 0.4) is 0 Å². The first-order valence-corrected chi connectivity index (χ1v) is 8.61. The predicted octanol–water partition coefficient (Wildman–Crippen LogP) is 5.67. The molecular weight excluding hydrogens is 254 g/mol. The van der Waals surface area contributed by atoms with Crippen LogP contribution in [0.25, 0.3) is 0 Å². The van der Waals surface area contributed by atoms with Crippen molar-refractivity contribution in [1.82, 2.24) is 5.32 Å². The van der Waals surface area contributed by atoms with Crippen molar-refractivity contribution < 1.29 is 0 Å². The summed E-state index contributed by atoms with van der Waals surface area (Å²) in [6.07, 6.45) is 13.0. The zero-order valence-electron chi connectivity index (χ0n) is 13.6. The molecule has 0 radical (unpaired) electrons. The maximum atomic E-state index is 4.22. The normalized spacial score (nSPS) is 27.1. The molecule has 1 N–H and O–H groups in total. The third-order valence-corrected chi connectivity index (χ3v) is 5.23. The van der Waals surface area contributed by atoms with Gasteiger partial charge >= 0.3 is 0 Å². The standard InChI is InChI=1S/C20H31N/c1-15-11-7-5-6-8-14-20(19-12-9-10-13-19)21-18(4)17(3)16(15)2/h19-21H,1-14H2. The summed E-state index contributed by atoms with van der Waals surface area (Å²) in [5, 5.41) is 3.68. The lowest BCUT2D eigenvalue weighted by Gasteiger charge is -2.28. The summed E-state index contributed by atoms with van der Waals surface area (Å²) >= 11 is 0. The predicted molar refractivity (Wildman–Crippen MR) is 93.1 cm³/mol. The first-order valence-electron chi connectivity index (χ1n) is 8.61. The van der Waals surface area contributed by atoms with Gasteiger partial charge in [-0.2, -0.15) is 0 Å². The van der Waals surface area contributed by atoms with E-state index in [1.54, 1.807) is 0 Å². The van der Waals surface area contributed by atoms with E-state index in [1.165, 1.54) is 57.8 Å². The number of nitrogens with one attached hydrogen (secondary N) is 1. The molecule has 1 saturated heterocycles. The highest BCUT2D eigenvalue weighted by Crippen LogP contribution is 2.32. The lowest BCUT2D eigenvalue weighted by molar-refractivity contribution is 0.352. The molecule has 1 unspecified atom stereocenters. The van der Waals surface area contributed by atoms with E-state index >= 15 is 0 Å². The summed E-state index contributed by atoms with van der Waals surface area (Å²) in [5.41, 5.74) is 4.02. The van der Waals surface area contributed by atoms with Crippen LogP contribution in [-0.4, -0.2) is 6.04 Å². The molecule has 2 aliphatic rings. The second-order valence-corrected chi connectivity index (χ2v) is 6.79. The molecular formula is C20H31N. The zero-order chi connectivity index (χ0) is 15.2. The Morgan fingerprint density at radius 1 is 0.714 bits per heavy atom. The molecule has 1 saturated carbocycles. The van der Waals surface area contributed by atoms with Crippen LogP contribution in [0.2, 0.25) is 0 Å². The van der Waals surface area contributed by atoms with Crippen molar-refractivity contribution in [1.29, 1.82) is 0 Å². The van der Waals surface area contributed by atoms with Crippen molar-refractivity contribution >= 4 is 0 Å². The van der Waals surface area contributed by atoms with E-state index in [2.05, 4.69) is 31.6 Å². The molecule has 1 atom stereocenters. The Morgan fingerprint density at radius 3 is 2.05 bits per heavy atom. The highest BCUT2D eigenvalue weighted by atomic mass is 14.9. The van der Waals surface area contributed by atoms with Crippen LogP contribution in [0.1, 0.15) is 64.2 Å². The van der Waals surface area contributed by atoms with Crippen molar-refractivity contribution in [2.45, 2.75) is 70.3 Å². The Balaban J connectivity index is 2.07. The second kappa shape index (κ2) is 7.68. The Bertz CT molecular complexity index is 423. The van der Waals surface area contributed by atoms with E-state index in [1.807, 2.05) is 0 Å². The van der Waals surface area contributed by atoms with Gasteiger partial charge in [0.25, 0.3) is 0 Å². The smallest absolute Gasteiger partial charge is 0.0342 e. The minimum absolute atomic E-state index is 0.567.